The first-order valence-corrected chi connectivity index (χ1v) is 7.80. The molecule has 23 heavy (non-hydrogen) atoms. The summed E-state index contributed by atoms with van der Waals surface area (Å²) < 4.78 is 5.08. The molecule has 2 rings (SSSR count). The molecule has 0 atom stereocenters. The van der Waals surface area contributed by atoms with E-state index in [-0.39, 0.29) is 5.91 Å². The molecule has 0 bridgehead atoms. The molecule has 0 aromatic heterocycles. The fourth-order valence-corrected chi connectivity index (χ4v) is 2.35. The number of hydrogen-bond donors (Lipinski definition) is 1. The first-order valence-electron chi connectivity index (χ1n) is 7.42. The van der Waals surface area contributed by atoms with Crippen molar-refractivity contribution in [2.45, 2.75) is 19.8 Å². The molecule has 1 amide bonds. The Morgan fingerprint density at radius 1 is 1.17 bits per heavy atom. The molecule has 1 N–H and O–H groups in total. The third-order valence-electron chi connectivity index (χ3n) is 3.45. The molecular weight excluding hydrogens is 310 g/mol. The number of anilines is 1. The van der Waals surface area contributed by atoms with Crippen LogP contribution in [0.25, 0.3) is 6.08 Å². The van der Waals surface area contributed by atoms with Crippen LogP contribution in [0.1, 0.15) is 30.9 Å². The van der Waals surface area contributed by atoms with Crippen molar-refractivity contribution in [3.8, 4) is 5.75 Å². The molecule has 0 radical (unpaired) electrons. The van der Waals surface area contributed by atoms with E-state index in [9.17, 15) is 4.79 Å². The van der Waals surface area contributed by atoms with Crippen LogP contribution in [0.5, 0.6) is 5.75 Å². The average Bonchev–Trinajstić information content (AvgIpc) is 2.53. The smallest absolute Gasteiger partial charge is 0.248 e. The number of hydrogen-bond acceptors (Lipinski definition) is 2. The Balaban J connectivity index is 2.00. The van der Waals surface area contributed by atoms with Gasteiger partial charge < -0.3 is 10.1 Å². The third kappa shape index (κ3) is 4.86. The van der Waals surface area contributed by atoms with E-state index >= 15 is 0 Å². The Kier molecular flexibility index (Phi) is 5.83. The second-order valence-electron chi connectivity index (χ2n) is 5.49. The maximum atomic E-state index is 12.0. The van der Waals surface area contributed by atoms with Crippen molar-refractivity contribution >= 4 is 29.3 Å². The molecule has 0 spiro atoms. The van der Waals surface area contributed by atoms with Crippen LogP contribution in [-0.2, 0) is 4.79 Å². The number of amides is 1. The van der Waals surface area contributed by atoms with Gasteiger partial charge in [-0.3, -0.25) is 4.79 Å². The molecule has 0 heterocycles. The highest BCUT2D eigenvalue weighted by Crippen LogP contribution is 2.27. The van der Waals surface area contributed by atoms with E-state index in [4.69, 9.17) is 16.3 Å². The number of nitrogens with one attached hydrogen (secondary N) is 1. The van der Waals surface area contributed by atoms with Gasteiger partial charge in [0.25, 0.3) is 0 Å². The second kappa shape index (κ2) is 7.84. The highest BCUT2D eigenvalue weighted by atomic mass is 35.5. The van der Waals surface area contributed by atoms with E-state index in [0.29, 0.717) is 22.4 Å². The van der Waals surface area contributed by atoms with Gasteiger partial charge in [0.05, 0.1) is 12.1 Å². The summed E-state index contributed by atoms with van der Waals surface area (Å²) in [4.78, 5) is 12.0. The van der Waals surface area contributed by atoms with Gasteiger partial charge in [-0.1, -0.05) is 49.7 Å². The van der Waals surface area contributed by atoms with Crippen molar-refractivity contribution in [1.82, 2.24) is 0 Å². The molecule has 0 aliphatic carbocycles. The highest BCUT2D eigenvalue weighted by Gasteiger charge is 2.04. The van der Waals surface area contributed by atoms with E-state index in [0.717, 1.165) is 5.56 Å². The quantitative estimate of drug-likeness (QED) is 0.773. The van der Waals surface area contributed by atoms with Crippen molar-refractivity contribution in [2.75, 3.05) is 12.4 Å². The Hall–Kier alpha value is -2.26. The summed E-state index contributed by atoms with van der Waals surface area (Å²) in [5, 5.41) is 3.23. The van der Waals surface area contributed by atoms with Gasteiger partial charge in [-0.05, 0) is 41.3 Å². The van der Waals surface area contributed by atoms with Crippen LogP contribution < -0.4 is 10.1 Å². The second-order valence-corrected chi connectivity index (χ2v) is 5.90. The van der Waals surface area contributed by atoms with Gasteiger partial charge in [-0.2, -0.15) is 0 Å². The van der Waals surface area contributed by atoms with Crippen molar-refractivity contribution in [3.63, 3.8) is 0 Å². The summed E-state index contributed by atoms with van der Waals surface area (Å²) >= 11 is 6.03. The Labute approximate surface area is 141 Å². The normalized spacial score (nSPS) is 11.0. The summed E-state index contributed by atoms with van der Waals surface area (Å²) in [6.45, 7) is 4.30. The molecule has 4 heteroatoms. The lowest BCUT2D eigenvalue weighted by atomic mass is 10.0. The van der Waals surface area contributed by atoms with E-state index in [1.54, 1.807) is 31.4 Å². The van der Waals surface area contributed by atoms with Crippen LogP contribution >= 0.6 is 11.6 Å². The van der Waals surface area contributed by atoms with E-state index in [1.165, 1.54) is 11.6 Å². The maximum absolute atomic E-state index is 12.0. The number of carbonyl (C=O) groups excluding carboxylic acids is 1. The van der Waals surface area contributed by atoms with Crippen LogP contribution in [0.15, 0.2) is 48.5 Å². The van der Waals surface area contributed by atoms with Crippen LogP contribution in [0.3, 0.4) is 0 Å². The van der Waals surface area contributed by atoms with E-state index < -0.39 is 0 Å². The molecule has 0 aliphatic rings. The SMILES string of the molecule is COc1ccc(NC(=O)C=Cc2ccc(C(C)C)cc2)cc1Cl. The molecule has 0 saturated heterocycles. The van der Waals surface area contributed by atoms with Crippen molar-refractivity contribution in [1.29, 1.82) is 0 Å². The van der Waals surface area contributed by atoms with Gasteiger partial charge in [0.2, 0.25) is 5.91 Å². The lowest BCUT2D eigenvalue weighted by Gasteiger charge is -2.06. The molecule has 3 nitrogen and oxygen atoms in total. The van der Waals surface area contributed by atoms with Gasteiger partial charge in [0, 0.05) is 11.8 Å². The Morgan fingerprint density at radius 3 is 2.43 bits per heavy atom. The molecular formula is C19H20ClNO2. The molecule has 0 fully saturated rings. The number of benzene rings is 2. The lowest BCUT2D eigenvalue weighted by Crippen LogP contribution is -2.07. The van der Waals surface area contributed by atoms with Gasteiger partial charge >= 0.3 is 0 Å². The fourth-order valence-electron chi connectivity index (χ4n) is 2.09. The molecule has 2 aromatic rings. The predicted molar refractivity (Wildman–Crippen MR) is 96.2 cm³/mol. The Bertz CT molecular complexity index is 706. The summed E-state index contributed by atoms with van der Waals surface area (Å²) in [6.07, 6.45) is 3.28. The number of halogens is 1. The zero-order valence-corrected chi connectivity index (χ0v) is 14.2. The van der Waals surface area contributed by atoms with Gasteiger partial charge in [-0.15, -0.1) is 0 Å². The summed E-state index contributed by atoms with van der Waals surface area (Å²) in [5.41, 5.74) is 2.89. The van der Waals surface area contributed by atoms with Crippen LogP contribution in [0.2, 0.25) is 5.02 Å². The standard InChI is InChI=1S/C19H20ClNO2/c1-13(2)15-7-4-14(5-8-15)6-11-19(22)21-16-9-10-18(23-3)17(20)12-16/h4-13H,1-3H3,(H,21,22). The summed E-state index contributed by atoms with van der Waals surface area (Å²) in [5.74, 6) is 0.862. The van der Waals surface area contributed by atoms with Crippen molar-refractivity contribution < 1.29 is 9.53 Å². The monoisotopic (exact) mass is 329 g/mol. The van der Waals surface area contributed by atoms with Gasteiger partial charge in [0.1, 0.15) is 5.75 Å². The fraction of sp³-hybridized carbons (Fsp3) is 0.211. The average molecular weight is 330 g/mol. The zero-order chi connectivity index (χ0) is 16.8. The first-order chi connectivity index (χ1) is 11.0. The van der Waals surface area contributed by atoms with Crippen molar-refractivity contribution in [3.05, 3.63) is 64.7 Å². The number of rotatable bonds is 5. The minimum Gasteiger partial charge on any atom is -0.495 e. The Morgan fingerprint density at radius 2 is 1.87 bits per heavy atom. The van der Waals surface area contributed by atoms with Crippen LogP contribution in [-0.4, -0.2) is 13.0 Å². The minimum absolute atomic E-state index is 0.209. The highest BCUT2D eigenvalue weighted by molar-refractivity contribution is 6.32. The van der Waals surface area contributed by atoms with E-state index in [1.807, 2.05) is 12.1 Å². The number of carbonyl (C=O) groups is 1. The maximum Gasteiger partial charge on any atom is 0.248 e. The first kappa shape index (κ1) is 17.1. The minimum atomic E-state index is -0.209. The molecule has 2 aromatic carbocycles. The predicted octanol–water partition coefficient (Wildman–Crippen LogP) is 5.12. The largest absolute Gasteiger partial charge is 0.495 e. The molecule has 0 aliphatic heterocycles. The summed E-state index contributed by atoms with van der Waals surface area (Å²) in [7, 11) is 1.55. The molecule has 0 saturated carbocycles. The van der Waals surface area contributed by atoms with Gasteiger partial charge in [0.15, 0.2) is 0 Å². The topological polar surface area (TPSA) is 38.3 Å². The van der Waals surface area contributed by atoms with Crippen molar-refractivity contribution in [2.24, 2.45) is 0 Å². The molecule has 0 unspecified atom stereocenters. The zero-order valence-electron chi connectivity index (χ0n) is 13.5. The van der Waals surface area contributed by atoms with Crippen LogP contribution in [0, 0.1) is 0 Å². The lowest BCUT2D eigenvalue weighted by molar-refractivity contribution is -0.111. The van der Waals surface area contributed by atoms with E-state index in [2.05, 4.69) is 31.3 Å². The van der Waals surface area contributed by atoms with Crippen LogP contribution in [0.4, 0.5) is 5.69 Å². The third-order valence-corrected chi connectivity index (χ3v) is 3.74. The van der Waals surface area contributed by atoms with Gasteiger partial charge in [-0.25, -0.2) is 0 Å². The molecule has 120 valence electrons. The number of ether oxygens (including phenoxy) is 1. The number of methoxy groups -OCH3 is 1. The summed E-state index contributed by atoms with van der Waals surface area (Å²) in [6, 6.07) is 13.3.